The zero-order valence-corrected chi connectivity index (χ0v) is 13.0. The normalized spacial score (nSPS) is 12.3. The number of ether oxygens (including phenoxy) is 2. The molecule has 1 N–H and O–H groups in total. The van der Waals surface area contributed by atoms with Gasteiger partial charge in [0.15, 0.2) is 11.5 Å². The maximum atomic E-state index is 6.37. The molecule has 0 aromatic heterocycles. The Morgan fingerprint density at radius 3 is 2.16 bits per heavy atom. The molecule has 0 heterocycles. The summed E-state index contributed by atoms with van der Waals surface area (Å²) in [4.78, 5) is 0. The average molecular weight is 286 g/mol. The van der Waals surface area contributed by atoms with Crippen LogP contribution in [0.3, 0.4) is 0 Å². The zero-order valence-electron chi connectivity index (χ0n) is 12.3. The minimum Gasteiger partial charge on any atom is -0.490 e. The fourth-order valence-corrected chi connectivity index (χ4v) is 2.38. The zero-order chi connectivity index (χ0) is 14.3. The summed E-state index contributed by atoms with van der Waals surface area (Å²) in [6.45, 7) is 7.28. The molecule has 0 fully saturated rings. The smallest absolute Gasteiger partial charge is 0.162 e. The third-order valence-corrected chi connectivity index (χ3v) is 3.29. The summed E-state index contributed by atoms with van der Waals surface area (Å²) in [6, 6.07) is 4.09. The summed E-state index contributed by atoms with van der Waals surface area (Å²) in [5, 5.41) is 4.02. The number of rotatable bonds is 8. The van der Waals surface area contributed by atoms with Crippen molar-refractivity contribution in [2.75, 3.05) is 20.3 Å². The van der Waals surface area contributed by atoms with Gasteiger partial charge in [0.1, 0.15) is 0 Å². The maximum absolute atomic E-state index is 6.37. The van der Waals surface area contributed by atoms with Crippen molar-refractivity contribution in [3.8, 4) is 11.5 Å². The summed E-state index contributed by atoms with van der Waals surface area (Å²) in [5.74, 6) is 1.48. The second-order valence-electron chi connectivity index (χ2n) is 4.32. The van der Waals surface area contributed by atoms with E-state index >= 15 is 0 Å². The maximum Gasteiger partial charge on any atom is 0.162 e. The van der Waals surface area contributed by atoms with E-state index < -0.39 is 0 Å². The number of hydrogen-bond acceptors (Lipinski definition) is 3. The molecule has 1 atom stereocenters. The predicted octanol–water partition coefficient (Wildman–Crippen LogP) is 4.20. The first-order chi connectivity index (χ1) is 9.17. The van der Waals surface area contributed by atoms with Crippen LogP contribution in [0, 0.1) is 0 Å². The van der Waals surface area contributed by atoms with Gasteiger partial charge in [-0.15, -0.1) is 0 Å². The quantitative estimate of drug-likeness (QED) is 0.776. The van der Waals surface area contributed by atoms with Crippen LogP contribution in [0.1, 0.15) is 45.2 Å². The van der Waals surface area contributed by atoms with Crippen LogP contribution in [0.25, 0.3) is 0 Å². The van der Waals surface area contributed by atoms with Gasteiger partial charge in [0.25, 0.3) is 0 Å². The largest absolute Gasteiger partial charge is 0.490 e. The van der Waals surface area contributed by atoms with Crippen molar-refractivity contribution in [3.63, 3.8) is 0 Å². The molecule has 1 rings (SSSR count). The van der Waals surface area contributed by atoms with Gasteiger partial charge >= 0.3 is 0 Å². The summed E-state index contributed by atoms with van der Waals surface area (Å²) in [5.41, 5.74) is 1.07. The summed E-state index contributed by atoms with van der Waals surface area (Å²) >= 11 is 6.37. The first-order valence-electron chi connectivity index (χ1n) is 6.94. The summed E-state index contributed by atoms with van der Waals surface area (Å²) in [6.07, 6.45) is 2.13. The van der Waals surface area contributed by atoms with Crippen molar-refractivity contribution >= 4 is 11.6 Å². The van der Waals surface area contributed by atoms with E-state index in [1.165, 1.54) is 0 Å². The lowest BCUT2D eigenvalue weighted by molar-refractivity contribution is 0.287. The molecular formula is C15H24ClNO2. The number of benzene rings is 1. The Morgan fingerprint density at radius 2 is 1.68 bits per heavy atom. The highest BCUT2D eigenvalue weighted by atomic mass is 35.5. The predicted molar refractivity (Wildman–Crippen MR) is 80.5 cm³/mol. The Bertz CT molecular complexity index is 396. The van der Waals surface area contributed by atoms with Gasteiger partial charge in [-0.05, 0) is 38.9 Å². The van der Waals surface area contributed by atoms with Gasteiger partial charge in [-0.25, -0.2) is 0 Å². The van der Waals surface area contributed by atoms with Crippen LogP contribution in [-0.2, 0) is 0 Å². The number of hydrogen-bond donors (Lipinski definition) is 1. The van der Waals surface area contributed by atoms with Gasteiger partial charge in [0.2, 0.25) is 0 Å². The molecule has 0 amide bonds. The van der Waals surface area contributed by atoms with E-state index in [0.29, 0.717) is 19.0 Å². The Kier molecular flexibility index (Phi) is 7.03. The first kappa shape index (κ1) is 16.1. The highest BCUT2D eigenvalue weighted by Crippen LogP contribution is 2.37. The van der Waals surface area contributed by atoms with E-state index in [1.807, 2.05) is 33.0 Å². The molecule has 0 saturated heterocycles. The minimum atomic E-state index is 0.243. The fraction of sp³-hybridized carbons (Fsp3) is 0.600. The molecular weight excluding hydrogens is 262 g/mol. The minimum absolute atomic E-state index is 0.243. The highest BCUT2D eigenvalue weighted by molar-refractivity contribution is 6.31. The van der Waals surface area contributed by atoms with E-state index in [2.05, 4.69) is 12.2 Å². The molecule has 4 heteroatoms. The van der Waals surface area contributed by atoms with Crippen molar-refractivity contribution in [1.82, 2.24) is 5.32 Å². The molecule has 19 heavy (non-hydrogen) atoms. The summed E-state index contributed by atoms with van der Waals surface area (Å²) in [7, 11) is 1.95. The molecule has 0 aliphatic rings. The van der Waals surface area contributed by atoms with E-state index in [4.69, 9.17) is 21.1 Å². The van der Waals surface area contributed by atoms with Gasteiger partial charge in [0.05, 0.1) is 13.2 Å². The Morgan fingerprint density at radius 1 is 1.11 bits per heavy atom. The molecule has 0 radical (unpaired) electrons. The highest BCUT2D eigenvalue weighted by Gasteiger charge is 2.17. The van der Waals surface area contributed by atoms with Crippen LogP contribution in [-0.4, -0.2) is 20.3 Å². The molecule has 0 bridgehead atoms. The topological polar surface area (TPSA) is 30.5 Å². The monoisotopic (exact) mass is 285 g/mol. The summed E-state index contributed by atoms with van der Waals surface area (Å²) < 4.78 is 11.2. The van der Waals surface area contributed by atoms with E-state index in [9.17, 15) is 0 Å². The number of halogens is 1. The van der Waals surface area contributed by atoms with Crippen molar-refractivity contribution in [2.24, 2.45) is 0 Å². The van der Waals surface area contributed by atoms with Gasteiger partial charge in [-0.1, -0.05) is 24.9 Å². The second-order valence-corrected chi connectivity index (χ2v) is 4.72. The molecule has 0 aliphatic carbocycles. The van der Waals surface area contributed by atoms with Crippen molar-refractivity contribution in [2.45, 2.75) is 39.7 Å². The van der Waals surface area contributed by atoms with E-state index in [-0.39, 0.29) is 6.04 Å². The lowest BCUT2D eigenvalue weighted by Gasteiger charge is -2.20. The van der Waals surface area contributed by atoms with Crippen LogP contribution in [0.5, 0.6) is 11.5 Å². The molecule has 1 unspecified atom stereocenters. The SMILES string of the molecule is CCCC(NC)c1cc(OCC)c(OCC)cc1Cl. The van der Waals surface area contributed by atoms with Crippen molar-refractivity contribution in [1.29, 1.82) is 0 Å². The van der Waals surface area contributed by atoms with Crippen LogP contribution < -0.4 is 14.8 Å². The molecule has 3 nitrogen and oxygen atoms in total. The van der Waals surface area contributed by atoms with Gasteiger partial charge in [0, 0.05) is 17.1 Å². The fourth-order valence-electron chi connectivity index (χ4n) is 2.10. The molecule has 108 valence electrons. The molecule has 1 aromatic rings. The first-order valence-corrected chi connectivity index (χ1v) is 7.31. The van der Waals surface area contributed by atoms with Gasteiger partial charge in [-0.3, -0.25) is 0 Å². The van der Waals surface area contributed by atoms with E-state index in [1.54, 1.807) is 0 Å². The molecule has 0 spiro atoms. The standard InChI is InChI=1S/C15H24ClNO2/c1-5-8-13(17-4)11-9-14(18-6-2)15(19-7-3)10-12(11)16/h9-10,13,17H,5-8H2,1-4H3. The van der Waals surface area contributed by atoms with Crippen LogP contribution in [0.4, 0.5) is 0 Å². The van der Waals surface area contributed by atoms with Crippen molar-refractivity contribution < 1.29 is 9.47 Å². The Balaban J connectivity index is 3.14. The Hall–Kier alpha value is -0.930. The van der Waals surface area contributed by atoms with Gasteiger partial charge in [-0.2, -0.15) is 0 Å². The average Bonchev–Trinajstić information content (AvgIpc) is 2.40. The molecule has 1 aromatic carbocycles. The molecule has 0 saturated carbocycles. The van der Waals surface area contributed by atoms with Crippen LogP contribution >= 0.6 is 11.6 Å². The lowest BCUT2D eigenvalue weighted by Crippen LogP contribution is -2.16. The lowest BCUT2D eigenvalue weighted by atomic mass is 10.0. The van der Waals surface area contributed by atoms with Crippen LogP contribution in [0.2, 0.25) is 5.02 Å². The third-order valence-electron chi connectivity index (χ3n) is 2.96. The third kappa shape index (κ3) is 4.29. The Labute approximate surface area is 121 Å². The van der Waals surface area contributed by atoms with Crippen molar-refractivity contribution in [3.05, 3.63) is 22.7 Å². The van der Waals surface area contributed by atoms with E-state index in [0.717, 1.165) is 29.2 Å². The molecule has 0 aliphatic heterocycles. The number of nitrogens with one attached hydrogen (secondary N) is 1. The second kappa shape index (κ2) is 8.28. The van der Waals surface area contributed by atoms with Crippen LogP contribution in [0.15, 0.2) is 12.1 Å². The van der Waals surface area contributed by atoms with Gasteiger partial charge < -0.3 is 14.8 Å².